The fourth-order valence-corrected chi connectivity index (χ4v) is 4.91. The van der Waals surface area contributed by atoms with Crippen LogP contribution >= 0.6 is 11.3 Å². The SMILES string of the molecule is CC(=O)N1CCN(C(=O)COC(=O)c2sc3nc4n(c(=O)c3c2C)CCC4)CC1. The van der Waals surface area contributed by atoms with Crippen molar-refractivity contribution < 1.29 is 19.1 Å². The standard InChI is InChI=1S/C19H22N4O5S/c1-11-15-17(20-13-4-3-5-23(13)18(15)26)29-16(11)19(27)28-10-14(25)22-8-6-21(7-9-22)12(2)24/h3-10H2,1-2H3. The van der Waals surface area contributed by atoms with Crippen molar-refractivity contribution in [3.8, 4) is 0 Å². The van der Waals surface area contributed by atoms with Crippen LogP contribution in [0.2, 0.25) is 0 Å². The number of thiophene rings is 1. The molecule has 0 radical (unpaired) electrons. The highest BCUT2D eigenvalue weighted by Gasteiger charge is 2.26. The molecule has 154 valence electrons. The van der Waals surface area contributed by atoms with Gasteiger partial charge in [0, 0.05) is 46.1 Å². The highest BCUT2D eigenvalue weighted by atomic mass is 32.1. The van der Waals surface area contributed by atoms with Crippen molar-refractivity contribution in [1.29, 1.82) is 0 Å². The third-order valence-electron chi connectivity index (χ3n) is 5.50. The molecule has 9 nitrogen and oxygen atoms in total. The Kier molecular flexibility index (Phi) is 5.12. The molecule has 29 heavy (non-hydrogen) atoms. The molecule has 4 heterocycles. The molecule has 1 fully saturated rings. The zero-order valence-corrected chi connectivity index (χ0v) is 17.2. The average Bonchev–Trinajstić information content (AvgIpc) is 3.31. The maximum Gasteiger partial charge on any atom is 0.349 e. The summed E-state index contributed by atoms with van der Waals surface area (Å²) in [5.74, 6) is -0.175. The van der Waals surface area contributed by atoms with E-state index in [1.807, 2.05) is 0 Å². The number of hydrogen-bond acceptors (Lipinski definition) is 7. The molecule has 2 aliphatic rings. The number of carbonyl (C=O) groups excluding carboxylic acids is 3. The fourth-order valence-electron chi connectivity index (χ4n) is 3.82. The van der Waals surface area contributed by atoms with Crippen LogP contribution in [-0.2, 0) is 27.3 Å². The highest BCUT2D eigenvalue weighted by Crippen LogP contribution is 2.29. The summed E-state index contributed by atoms with van der Waals surface area (Å²) in [5, 5.41) is 0.458. The second-order valence-corrected chi connectivity index (χ2v) is 8.29. The van der Waals surface area contributed by atoms with E-state index in [2.05, 4.69) is 4.98 Å². The summed E-state index contributed by atoms with van der Waals surface area (Å²) < 4.78 is 6.90. The van der Waals surface area contributed by atoms with Crippen LogP contribution in [0.4, 0.5) is 0 Å². The van der Waals surface area contributed by atoms with Gasteiger partial charge in [-0.1, -0.05) is 0 Å². The summed E-state index contributed by atoms with van der Waals surface area (Å²) in [5.41, 5.74) is 0.437. The van der Waals surface area contributed by atoms with Gasteiger partial charge in [-0.25, -0.2) is 9.78 Å². The number of aromatic nitrogens is 2. The molecule has 2 aromatic rings. The number of amides is 2. The van der Waals surface area contributed by atoms with Crippen LogP contribution in [0.3, 0.4) is 0 Å². The Labute approximate surface area is 170 Å². The largest absolute Gasteiger partial charge is 0.451 e. The van der Waals surface area contributed by atoms with Crippen molar-refractivity contribution in [2.45, 2.75) is 33.2 Å². The monoisotopic (exact) mass is 418 g/mol. The van der Waals surface area contributed by atoms with E-state index in [1.165, 1.54) is 6.92 Å². The number of piperazine rings is 1. The lowest BCUT2D eigenvalue weighted by Crippen LogP contribution is -2.51. The summed E-state index contributed by atoms with van der Waals surface area (Å²) in [6.07, 6.45) is 1.66. The third kappa shape index (κ3) is 3.52. The number of rotatable bonds is 3. The van der Waals surface area contributed by atoms with Crippen molar-refractivity contribution in [2.75, 3.05) is 32.8 Å². The molecule has 0 aromatic carbocycles. The van der Waals surface area contributed by atoms with Crippen molar-refractivity contribution in [3.63, 3.8) is 0 Å². The molecule has 0 unspecified atom stereocenters. The van der Waals surface area contributed by atoms with Crippen LogP contribution in [0, 0.1) is 6.92 Å². The minimum absolute atomic E-state index is 0.0146. The molecule has 0 N–H and O–H groups in total. The van der Waals surface area contributed by atoms with E-state index in [9.17, 15) is 19.2 Å². The van der Waals surface area contributed by atoms with E-state index in [1.54, 1.807) is 21.3 Å². The van der Waals surface area contributed by atoms with Gasteiger partial charge in [-0.2, -0.15) is 0 Å². The molecule has 0 bridgehead atoms. The van der Waals surface area contributed by atoms with Crippen LogP contribution in [0.15, 0.2) is 4.79 Å². The molecule has 0 aliphatic carbocycles. The Bertz CT molecular complexity index is 1060. The smallest absolute Gasteiger partial charge is 0.349 e. The van der Waals surface area contributed by atoms with Gasteiger partial charge in [0.15, 0.2) is 6.61 Å². The predicted molar refractivity (Wildman–Crippen MR) is 106 cm³/mol. The first-order valence-electron chi connectivity index (χ1n) is 9.60. The predicted octanol–water partition coefficient (Wildman–Crippen LogP) is 0.560. The highest BCUT2D eigenvalue weighted by molar-refractivity contribution is 7.20. The van der Waals surface area contributed by atoms with E-state index < -0.39 is 5.97 Å². The van der Waals surface area contributed by atoms with Crippen LogP contribution in [0.25, 0.3) is 10.2 Å². The number of aryl methyl sites for hydroxylation is 2. The van der Waals surface area contributed by atoms with Crippen LogP contribution in [0.5, 0.6) is 0 Å². The van der Waals surface area contributed by atoms with E-state index >= 15 is 0 Å². The number of ether oxygens (including phenoxy) is 1. The van der Waals surface area contributed by atoms with Gasteiger partial charge in [0.1, 0.15) is 15.5 Å². The number of carbonyl (C=O) groups is 3. The fraction of sp³-hybridized carbons (Fsp3) is 0.526. The number of nitrogens with zero attached hydrogens (tertiary/aromatic N) is 4. The van der Waals surface area contributed by atoms with Gasteiger partial charge < -0.3 is 14.5 Å². The Morgan fingerprint density at radius 2 is 1.79 bits per heavy atom. The Morgan fingerprint density at radius 1 is 1.10 bits per heavy atom. The van der Waals surface area contributed by atoms with Crippen LogP contribution in [-0.4, -0.2) is 69.9 Å². The maximum absolute atomic E-state index is 12.7. The van der Waals surface area contributed by atoms with E-state index in [0.717, 1.165) is 30.0 Å². The summed E-state index contributed by atoms with van der Waals surface area (Å²) in [4.78, 5) is 57.6. The lowest BCUT2D eigenvalue weighted by Gasteiger charge is -2.34. The van der Waals surface area contributed by atoms with Gasteiger partial charge in [-0.05, 0) is 18.9 Å². The van der Waals surface area contributed by atoms with Crippen LogP contribution in [0.1, 0.15) is 34.4 Å². The van der Waals surface area contributed by atoms with Gasteiger partial charge >= 0.3 is 5.97 Å². The summed E-state index contributed by atoms with van der Waals surface area (Å²) in [6.45, 7) is 5.29. The van der Waals surface area contributed by atoms with E-state index in [-0.39, 0.29) is 24.0 Å². The number of hydrogen-bond donors (Lipinski definition) is 0. The van der Waals surface area contributed by atoms with Gasteiger partial charge in [-0.3, -0.25) is 19.0 Å². The molecule has 1 saturated heterocycles. The first kappa shape index (κ1) is 19.6. The Morgan fingerprint density at radius 3 is 2.48 bits per heavy atom. The molecule has 0 spiro atoms. The van der Waals surface area contributed by atoms with Crippen molar-refractivity contribution in [2.24, 2.45) is 0 Å². The quantitative estimate of drug-likeness (QED) is 0.675. The first-order chi connectivity index (χ1) is 13.9. The van der Waals surface area contributed by atoms with Crippen molar-refractivity contribution in [3.05, 3.63) is 26.6 Å². The minimum Gasteiger partial charge on any atom is -0.451 e. The Hall–Kier alpha value is -2.75. The molecule has 0 saturated carbocycles. The molecule has 4 rings (SSSR count). The minimum atomic E-state index is -0.620. The molecular weight excluding hydrogens is 396 g/mol. The lowest BCUT2D eigenvalue weighted by atomic mass is 10.2. The second-order valence-electron chi connectivity index (χ2n) is 7.29. The second kappa shape index (κ2) is 7.58. The molecule has 2 amide bonds. The zero-order valence-electron chi connectivity index (χ0n) is 16.4. The number of fused-ring (bicyclic) bond motifs is 2. The van der Waals surface area contributed by atoms with E-state index in [0.29, 0.717) is 53.4 Å². The summed E-state index contributed by atoms with van der Waals surface area (Å²) >= 11 is 1.13. The normalized spacial score (nSPS) is 16.2. The summed E-state index contributed by atoms with van der Waals surface area (Å²) in [7, 11) is 0. The lowest BCUT2D eigenvalue weighted by molar-refractivity contribution is -0.140. The molecular formula is C19H22N4O5S. The van der Waals surface area contributed by atoms with Gasteiger partial charge in [-0.15, -0.1) is 11.3 Å². The van der Waals surface area contributed by atoms with Crippen LogP contribution < -0.4 is 5.56 Å². The van der Waals surface area contributed by atoms with Crippen molar-refractivity contribution >= 4 is 39.3 Å². The first-order valence-corrected chi connectivity index (χ1v) is 10.4. The Balaban J connectivity index is 1.44. The molecule has 10 heteroatoms. The van der Waals surface area contributed by atoms with Gasteiger partial charge in [0.05, 0.1) is 5.39 Å². The molecule has 2 aliphatic heterocycles. The maximum atomic E-state index is 12.7. The average molecular weight is 418 g/mol. The topological polar surface area (TPSA) is 102 Å². The molecule has 2 aromatic heterocycles. The van der Waals surface area contributed by atoms with Gasteiger partial charge in [0.2, 0.25) is 5.91 Å². The van der Waals surface area contributed by atoms with Crippen molar-refractivity contribution in [1.82, 2.24) is 19.4 Å². The third-order valence-corrected chi connectivity index (χ3v) is 6.67. The zero-order chi connectivity index (χ0) is 20.7. The molecule has 0 atom stereocenters. The van der Waals surface area contributed by atoms with Gasteiger partial charge in [0.25, 0.3) is 11.5 Å². The number of esters is 1. The van der Waals surface area contributed by atoms with E-state index in [4.69, 9.17) is 4.74 Å². The summed E-state index contributed by atoms with van der Waals surface area (Å²) in [6, 6.07) is 0.